The van der Waals surface area contributed by atoms with Gasteiger partial charge in [0.25, 0.3) is 0 Å². The Bertz CT molecular complexity index is 1920. The van der Waals surface area contributed by atoms with Crippen molar-refractivity contribution in [2.75, 3.05) is 27.9 Å². The van der Waals surface area contributed by atoms with Gasteiger partial charge in [-0.05, 0) is 71.7 Å². The van der Waals surface area contributed by atoms with Crippen molar-refractivity contribution in [2.24, 2.45) is 0 Å². The Labute approximate surface area is 315 Å². The van der Waals surface area contributed by atoms with Crippen LogP contribution in [0.15, 0.2) is 78.9 Å². The van der Waals surface area contributed by atoms with Gasteiger partial charge in [0.05, 0.1) is 14.2 Å². The molecule has 2 unspecified atom stereocenters. The average Bonchev–Trinajstić information content (AvgIpc) is 3.64. The van der Waals surface area contributed by atoms with Crippen LogP contribution in [0.5, 0.6) is 46.0 Å². The van der Waals surface area contributed by atoms with E-state index < -0.39 is 24.0 Å². The van der Waals surface area contributed by atoms with Gasteiger partial charge in [-0.2, -0.15) is 0 Å². The van der Waals surface area contributed by atoms with E-state index in [4.69, 9.17) is 40.1 Å². The number of aromatic hydroxyl groups is 7. The highest BCUT2D eigenvalue weighted by molar-refractivity contribution is 5.84. The van der Waals surface area contributed by atoms with Gasteiger partial charge in [-0.25, -0.2) is 4.79 Å². The standard InChI is InChI=1S/C12H10O5.C11H14O5.C10H12O4.C6H6O2/c13-5-1-2-7-3-4-9(14)11-10(7)8(6-17-11)12(15)16;1-15-10(11(14)16-2)6-7-3-4-8(12)9(13)5-7;1-14-10(13)5-3-7-2-4-8(11)9(12)6-7;7-5-3-1-2-4-6(5)8/h1-5,8,14H,6H2,(H,15,16);3-5,10,12-13H,6H2,1-2H3;2,4,6,11-12H,3,5H2,1H3;1-4,7-8H/b2-1-;;;. The molecule has 0 fully saturated rings. The number of fused-ring (bicyclic) bond motifs is 1. The highest BCUT2D eigenvalue weighted by Gasteiger charge is 2.34. The van der Waals surface area contributed by atoms with Gasteiger partial charge >= 0.3 is 17.9 Å². The van der Waals surface area contributed by atoms with Crippen LogP contribution in [-0.2, 0) is 46.2 Å². The SMILES string of the molecule is COC(=O)C(Cc1ccc(O)c(O)c1)OC.COC(=O)CCc1ccc(O)c(O)c1.O=C/C=C\c1ccc(O)c2c1C(C(=O)O)CO2.Oc1ccccc1O. The van der Waals surface area contributed by atoms with Crippen LogP contribution >= 0.6 is 0 Å². The number of hydrogen-bond acceptors (Lipinski definition) is 15. The van der Waals surface area contributed by atoms with Crippen molar-refractivity contribution in [1.82, 2.24) is 0 Å². The second-order valence-corrected chi connectivity index (χ2v) is 11.3. The molecule has 16 heteroatoms. The molecule has 1 aliphatic rings. The number of phenolic OH excluding ortho intramolecular Hbond substituents is 7. The number of aldehydes is 1. The molecule has 5 rings (SSSR count). The lowest BCUT2D eigenvalue weighted by molar-refractivity contribution is -0.152. The lowest BCUT2D eigenvalue weighted by Crippen LogP contribution is -2.26. The smallest absolute Gasteiger partial charge is 0.335 e. The summed E-state index contributed by atoms with van der Waals surface area (Å²) in [6.45, 7) is -0.00975. The van der Waals surface area contributed by atoms with E-state index >= 15 is 0 Å². The normalized spacial score (nSPS) is 12.8. The summed E-state index contributed by atoms with van der Waals surface area (Å²) < 4.78 is 19.2. The first-order valence-corrected chi connectivity index (χ1v) is 16.2. The Balaban J connectivity index is 0.000000261. The third-order valence-electron chi connectivity index (χ3n) is 7.58. The summed E-state index contributed by atoms with van der Waals surface area (Å²) in [7, 11) is 4.02. The molecule has 294 valence electrons. The van der Waals surface area contributed by atoms with Crippen molar-refractivity contribution in [3.63, 3.8) is 0 Å². The van der Waals surface area contributed by atoms with Crippen molar-refractivity contribution in [1.29, 1.82) is 0 Å². The molecule has 0 saturated heterocycles. The number of carbonyl (C=O) groups is 4. The summed E-state index contributed by atoms with van der Waals surface area (Å²) in [4.78, 5) is 43.4. The molecule has 0 bridgehead atoms. The second-order valence-electron chi connectivity index (χ2n) is 11.3. The van der Waals surface area contributed by atoms with E-state index in [0.717, 1.165) is 5.56 Å². The first-order chi connectivity index (χ1) is 26.2. The first-order valence-electron chi connectivity index (χ1n) is 16.2. The third-order valence-corrected chi connectivity index (χ3v) is 7.58. The fourth-order valence-corrected chi connectivity index (χ4v) is 4.69. The molecule has 0 amide bonds. The van der Waals surface area contributed by atoms with E-state index in [2.05, 4.69) is 9.47 Å². The van der Waals surface area contributed by atoms with Crippen molar-refractivity contribution >= 4 is 30.3 Å². The Morgan fingerprint density at radius 3 is 1.78 bits per heavy atom. The van der Waals surface area contributed by atoms with E-state index in [9.17, 15) is 29.4 Å². The number of rotatable bonds is 10. The molecule has 0 radical (unpaired) electrons. The number of aliphatic carboxylic acids is 1. The number of carboxylic acid groups (broad SMARTS) is 1. The number of para-hydroxylation sites is 2. The van der Waals surface area contributed by atoms with Crippen molar-refractivity contribution in [3.05, 3.63) is 101 Å². The highest BCUT2D eigenvalue weighted by Crippen LogP contribution is 2.43. The van der Waals surface area contributed by atoms with E-state index in [1.807, 2.05) is 0 Å². The van der Waals surface area contributed by atoms with Crippen LogP contribution in [0.25, 0.3) is 6.08 Å². The lowest BCUT2D eigenvalue weighted by Gasteiger charge is -2.12. The van der Waals surface area contributed by atoms with Gasteiger partial charge < -0.3 is 59.8 Å². The van der Waals surface area contributed by atoms with Gasteiger partial charge in [0.1, 0.15) is 18.8 Å². The summed E-state index contributed by atoms with van der Waals surface area (Å²) in [6.07, 6.45) is 3.68. The fraction of sp³-hybridized carbons (Fsp3) is 0.231. The minimum Gasteiger partial charge on any atom is -0.504 e. The Kier molecular flexibility index (Phi) is 17.9. The summed E-state index contributed by atoms with van der Waals surface area (Å²) in [5, 5.41) is 72.5. The summed E-state index contributed by atoms with van der Waals surface area (Å²) >= 11 is 0. The number of carboxylic acids is 1. The predicted molar refractivity (Wildman–Crippen MR) is 195 cm³/mol. The number of benzene rings is 4. The number of hydrogen-bond donors (Lipinski definition) is 8. The molecular weight excluding hydrogens is 724 g/mol. The molecule has 0 saturated carbocycles. The highest BCUT2D eigenvalue weighted by atomic mass is 16.6. The number of ether oxygens (including phenoxy) is 4. The number of aryl methyl sites for hydroxylation is 1. The molecular formula is C39H42O16. The molecule has 1 heterocycles. The van der Waals surface area contributed by atoms with Crippen molar-refractivity contribution in [2.45, 2.75) is 31.3 Å². The van der Waals surface area contributed by atoms with Gasteiger partial charge in [-0.3, -0.25) is 14.4 Å². The number of methoxy groups -OCH3 is 3. The minimum absolute atomic E-state index is 0.00975. The monoisotopic (exact) mass is 766 g/mol. The van der Waals surface area contributed by atoms with E-state index in [-0.39, 0.29) is 71.4 Å². The van der Waals surface area contributed by atoms with Gasteiger partial charge in [0.2, 0.25) is 0 Å². The fourth-order valence-electron chi connectivity index (χ4n) is 4.69. The van der Waals surface area contributed by atoms with Gasteiger partial charge in [0.15, 0.2) is 52.1 Å². The van der Waals surface area contributed by atoms with Gasteiger partial charge in [-0.15, -0.1) is 0 Å². The number of carbonyl (C=O) groups excluding carboxylic acids is 3. The molecule has 2 atom stereocenters. The van der Waals surface area contributed by atoms with Crippen LogP contribution < -0.4 is 4.74 Å². The van der Waals surface area contributed by atoms with Crippen LogP contribution in [0.2, 0.25) is 0 Å². The Morgan fingerprint density at radius 2 is 1.29 bits per heavy atom. The van der Waals surface area contributed by atoms with Crippen LogP contribution in [0, 0.1) is 0 Å². The maximum atomic E-state index is 11.2. The number of phenols is 7. The molecule has 0 aromatic heterocycles. The summed E-state index contributed by atoms with van der Waals surface area (Å²) in [5.74, 6) is -3.42. The summed E-state index contributed by atoms with van der Waals surface area (Å²) in [5.41, 5.74) is 2.43. The first kappa shape index (κ1) is 44.2. The van der Waals surface area contributed by atoms with E-state index in [1.165, 1.54) is 75.9 Å². The predicted octanol–water partition coefficient (Wildman–Crippen LogP) is 4.29. The van der Waals surface area contributed by atoms with E-state index in [1.54, 1.807) is 30.3 Å². The topological polar surface area (TPSA) is 267 Å². The van der Waals surface area contributed by atoms with Crippen LogP contribution in [0.1, 0.15) is 34.6 Å². The molecule has 0 spiro atoms. The Morgan fingerprint density at radius 1 is 0.745 bits per heavy atom. The molecule has 4 aromatic carbocycles. The number of allylic oxidation sites excluding steroid dienone is 1. The maximum Gasteiger partial charge on any atom is 0.335 e. The van der Waals surface area contributed by atoms with Crippen LogP contribution in [-0.4, -0.2) is 99.1 Å². The second kappa shape index (κ2) is 22.2. The number of esters is 2. The van der Waals surface area contributed by atoms with Gasteiger partial charge in [-0.1, -0.05) is 36.4 Å². The largest absolute Gasteiger partial charge is 0.504 e. The molecule has 1 aliphatic heterocycles. The van der Waals surface area contributed by atoms with Gasteiger partial charge in [0, 0.05) is 25.5 Å². The maximum absolute atomic E-state index is 11.2. The Hall–Kier alpha value is -6.94. The zero-order chi connectivity index (χ0) is 41.1. The third kappa shape index (κ3) is 13.9. The molecule has 16 nitrogen and oxygen atoms in total. The van der Waals surface area contributed by atoms with Crippen molar-refractivity contribution in [3.8, 4) is 46.0 Å². The molecule has 8 N–H and O–H groups in total. The molecule has 55 heavy (non-hydrogen) atoms. The zero-order valence-electron chi connectivity index (χ0n) is 30.0. The molecule has 4 aromatic rings. The van der Waals surface area contributed by atoms with Crippen LogP contribution in [0.3, 0.4) is 0 Å². The van der Waals surface area contributed by atoms with Crippen LogP contribution in [0.4, 0.5) is 0 Å². The summed E-state index contributed by atoms with van der Waals surface area (Å²) in [6, 6.07) is 17.9. The minimum atomic E-state index is -1.02. The molecule has 0 aliphatic carbocycles. The van der Waals surface area contributed by atoms with Crippen molar-refractivity contribution < 1.29 is 79.0 Å². The average molecular weight is 767 g/mol. The quantitative estimate of drug-likeness (QED) is 0.0484. The lowest BCUT2D eigenvalue weighted by atomic mass is 9.95. The van der Waals surface area contributed by atoms with E-state index in [0.29, 0.717) is 29.4 Å². The zero-order valence-corrected chi connectivity index (χ0v) is 30.0.